The van der Waals surface area contributed by atoms with Gasteiger partial charge in [0, 0.05) is 22.9 Å². The van der Waals surface area contributed by atoms with Crippen molar-refractivity contribution in [2.75, 3.05) is 6.54 Å². The predicted octanol–water partition coefficient (Wildman–Crippen LogP) is 7.40. The van der Waals surface area contributed by atoms with E-state index in [4.69, 9.17) is 4.74 Å². The number of hydrogen-bond acceptors (Lipinski definition) is 3. The van der Waals surface area contributed by atoms with E-state index in [1.165, 1.54) is 0 Å². The summed E-state index contributed by atoms with van der Waals surface area (Å²) in [6, 6.07) is 24.7. The fraction of sp³-hybridized carbons (Fsp3) is 0.281. The van der Waals surface area contributed by atoms with Crippen molar-refractivity contribution >= 4 is 16.7 Å². The van der Waals surface area contributed by atoms with Crippen molar-refractivity contribution in [1.29, 1.82) is 0 Å². The Kier molecular flexibility index (Phi) is 7.24. The Bertz CT molecular complexity index is 1430. The van der Waals surface area contributed by atoms with Crippen LogP contribution in [0.4, 0.5) is 4.39 Å². The molecule has 5 heteroatoms. The summed E-state index contributed by atoms with van der Waals surface area (Å²) < 4.78 is 20.6. The van der Waals surface area contributed by atoms with Gasteiger partial charge in [-0.3, -0.25) is 0 Å². The van der Waals surface area contributed by atoms with Crippen molar-refractivity contribution in [2.24, 2.45) is 0 Å². The van der Waals surface area contributed by atoms with E-state index < -0.39 is 5.97 Å². The summed E-state index contributed by atoms with van der Waals surface area (Å²) in [4.78, 5) is 11.4. The molecule has 190 valence electrons. The van der Waals surface area contributed by atoms with Gasteiger partial charge in [0.15, 0.2) is 0 Å². The maximum Gasteiger partial charge on any atom is 0.335 e. The minimum atomic E-state index is -0.907. The molecule has 3 atom stereocenters. The molecule has 0 aromatic heterocycles. The summed E-state index contributed by atoms with van der Waals surface area (Å²) >= 11 is 0. The van der Waals surface area contributed by atoms with E-state index >= 15 is 0 Å². The van der Waals surface area contributed by atoms with Gasteiger partial charge in [-0.05, 0) is 86.0 Å². The van der Waals surface area contributed by atoms with Crippen molar-refractivity contribution in [1.82, 2.24) is 5.32 Å². The normalized spacial score (nSPS) is 17.7. The maximum atomic E-state index is 14.2. The molecule has 0 amide bonds. The Labute approximate surface area is 217 Å². The Morgan fingerprint density at radius 1 is 1.03 bits per heavy atom. The minimum Gasteiger partial charge on any atom is -0.490 e. The van der Waals surface area contributed by atoms with Gasteiger partial charge in [0.05, 0.1) is 11.7 Å². The number of halogens is 1. The molecule has 0 aliphatic carbocycles. The minimum absolute atomic E-state index is 0.0715. The van der Waals surface area contributed by atoms with E-state index in [9.17, 15) is 14.3 Å². The van der Waals surface area contributed by atoms with Crippen LogP contribution in [0.2, 0.25) is 0 Å². The zero-order valence-corrected chi connectivity index (χ0v) is 21.2. The second-order valence-electron chi connectivity index (χ2n) is 9.94. The topological polar surface area (TPSA) is 58.6 Å². The highest BCUT2D eigenvalue weighted by Gasteiger charge is 2.30. The first kappa shape index (κ1) is 25.0. The van der Waals surface area contributed by atoms with Crippen LogP contribution in [0.5, 0.6) is 5.75 Å². The standard InChI is InChI=1S/C32H32FNO3/c1-20-18-22(32(35)36)13-14-24(20)29-19-23(37-31-12-6-5-11-28(29)31)8-7-17-34-21(2)25-15-16-30(33)27-10-4-3-9-26(25)27/h3-6,9-16,18,21,23,29,34H,7-8,17,19H2,1-2H3,(H,35,36)/t21-,23+,29+/m1/s1. The largest absolute Gasteiger partial charge is 0.490 e. The van der Waals surface area contributed by atoms with E-state index in [1.807, 2.05) is 61.5 Å². The van der Waals surface area contributed by atoms with E-state index in [0.29, 0.717) is 10.9 Å². The van der Waals surface area contributed by atoms with Crippen LogP contribution in [0.1, 0.15) is 70.8 Å². The molecular formula is C32H32FNO3. The van der Waals surface area contributed by atoms with Crippen LogP contribution in [-0.2, 0) is 0 Å². The van der Waals surface area contributed by atoms with Crippen LogP contribution in [0.3, 0.4) is 0 Å². The van der Waals surface area contributed by atoms with Crippen molar-refractivity contribution in [2.45, 2.75) is 51.2 Å². The summed E-state index contributed by atoms with van der Waals surface area (Å²) in [7, 11) is 0. The van der Waals surface area contributed by atoms with Crippen molar-refractivity contribution in [3.8, 4) is 5.75 Å². The van der Waals surface area contributed by atoms with Gasteiger partial charge in [0.25, 0.3) is 0 Å². The fourth-order valence-corrected chi connectivity index (χ4v) is 5.59. The first-order chi connectivity index (χ1) is 17.9. The number of rotatable bonds is 8. The lowest BCUT2D eigenvalue weighted by molar-refractivity contribution is 0.0696. The molecule has 0 spiro atoms. The number of nitrogens with one attached hydrogen (secondary N) is 1. The summed E-state index contributed by atoms with van der Waals surface area (Å²) in [6.07, 6.45) is 2.77. The highest BCUT2D eigenvalue weighted by atomic mass is 19.1. The highest BCUT2D eigenvalue weighted by Crippen LogP contribution is 2.42. The van der Waals surface area contributed by atoms with Gasteiger partial charge in [-0.1, -0.05) is 54.6 Å². The molecule has 1 aliphatic heterocycles. The zero-order chi connectivity index (χ0) is 25.9. The molecule has 2 N–H and O–H groups in total. The Balaban J connectivity index is 1.25. The number of para-hydroxylation sites is 1. The maximum absolute atomic E-state index is 14.2. The second kappa shape index (κ2) is 10.7. The average molecular weight is 498 g/mol. The molecule has 0 saturated heterocycles. The number of carbonyl (C=O) groups is 1. The van der Waals surface area contributed by atoms with E-state index in [-0.39, 0.29) is 23.9 Å². The fourth-order valence-electron chi connectivity index (χ4n) is 5.59. The number of aromatic carboxylic acids is 1. The molecule has 0 bridgehead atoms. The van der Waals surface area contributed by atoms with Gasteiger partial charge in [-0.15, -0.1) is 0 Å². The zero-order valence-electron chi connectivity index (χ0n) is 21.2. The SMILES string of the molecule is Cc1cc(C(=O)O)ccc1[C@@H]1C[C@H](CCCN[C@H](C)c2ccc(F)c3ccccc23)Oc2ccccc21. The molecule has 37 heavy (non-hydrogen) atoms. The number of aryl methyl sites for hydroxylation is 1. The molecule has 4 aromatic rings. The molecule has 1 aliphatic rings. The van der Waals surface area contributed by atoms with Gasteiger partial charge in [-0.2, -0.15) is 0 Å². The smallest absolute Gasteiger partial charge is 0.335 e. The lowest BCUT2D eigenvalue weighted by atomic mass is 9.81. The molecule has 1 heterocycles. The number of carboxylic acid groups (broad SMARTS) is 1. The molecule has 0 unspecified atom stereocenters. The Morgan fingerprint density at radius 2 is 1.78 bits per heavy atom. The summed E-state index contributed by atoms with van der Waals surface area (Å²) in [6.45, 7) is 4.93. The van der Waals surface area contributed by atoms with Crippen LogP contribution >= 0.6 is 0 Å². The van der Waals surface area contributed by atoms with Gasteiger partial charge >= 0.3 is 5.97 Å². The molecule has 4 aromatic carbocycles. The molecule has 0 saturated carbocycles. The number of hydrogen-bond donors (Lipinski definition) is 2. The summed E-state index contributed by atoms with van der Waals surface area (Å²) in [5.74, 6) is -0.0289. The van der Waals surface area contributed by atoms with Crippen LogP contribution < -0.4 is 10.1 Å². The molecular weight excluding hydrogens is 465 g/mol. The van der Waals surface area contributed by atoms with Gasteiger partial charge < -0.3 is 15.2 Å². The van der Waals surface area contributed by atoms with Crippen molar-refractivity contribution < 1.29 is 19.0 Å². The highest BCUT2D eigenvalue weighted by molar-refractivity contribution is 5.88. The quantitative estimate of drug-likeness (QED) is 0.249. The molecule has 0 fully saturated rings. The lowest BCUT2D eigenvalue weighted by Gasteiger charge is -2.33. The number of fused-ring (bicyclic) bond motifs is 2. The third-order valence-electron chi connectivity index (χ3n) is 7.50. The predicted molar refractivity (Wildman–Crippen MR) is 145 cm³/mol. The first-order valence-electron chi connectivity index (χ1n) is 12.9. The van der Waals surface area contributed by atoms with Crippen LogP contribution in [0, 0.1) is 12.7 Å². The third-order valence-corrected chi connectivity index (χ3v) is 7.50. The second-order valence-corrected chi connectivity index (χ2v) is 9.94. The average Bonchev–Trinajstić information content (AvgIpc) is 2.91. The van der Waals surface area contributed by atoms with Crippen LogP contribution in [-0.4, -0.2) is 23.7 Å². The third kappa shape index (κ3) is 5.23. The van der Waals surface area contributed by atoms with Gasteiger partial charge in [0.1, 0.15) is 11.6 Å². The monoisotopic (exact) mass is 497 g/mol. The number of benzene rings is 4. The van der Waals surface area contributed by atoms with Crippen LogP contribution in [0.25, 0.3) is 10.8 Å². The molecule has 4 nitrogen and oxygen atoms in total. The first-order valence-corrected chi connectivity index (χ1v) is 12.9. The number of ether oxygens (including phenoxy) is 1. The number of carboxylic acids is 1. The van der Waals surface area contributed by atoms with E-state index in [2.05, 4.69) is 18.3 Å². The van der Waals surface area contributed by atoms with E-state index in [0.717, 1.165) is 59.2 Å². The molecule has 0 radical (unpaired) electrons. The summed E-state index contributed by atoms with van der Waals surface area (Å²) in [5, 5.41) is 14.6. The Morgan fingerprint density at radius 3 is 2.57 bits per heavy atom. The summed E-state index contributed by atoms with van der Waals surface area (Å²) in [5.41, 5.74) is 4.70. The van der Waals surface area contributed by atoms with Crippen LogP contribution in [0.15, 0.2) is 78.9 Å². The van der Waals surface area contributed by atoms with Gasteiger partial charge in [-0.25, -0.2) is 9.18 Å². The molecule has 5 rings (SSSR count). The Hall–Kier alpha value is -3.70. The van der Waals surface area contributed by atoms with Gasteiger partial charge in [0.2, 0.25) is 0 Å². The van der Waals surface area contributed by atoms with Crippen molar-refractivity contribution in [3.05, 3.63) is 112 Å². The van der Waals surface area contributed by atoms with Crippen molar-refractivity contribution in [3.63, 3.8) is 0 Å². The lowest BCUT2D eigenvalue weighted by Crippen LogP contribution is -2.28. The van der Waals surface area contributed by atoms with E-state index in [1.54, 1.807) is 18.2 Å².